The van der Waals surface area contributed by atoms with Crippen molar-refractivity contribution in [3.63, 3.8) is 0 Å². The second-order valence-corrected chi connectivity index (χ2v) is 3.16. The molecular formula is C11H9NO2. The van der Waals surface area contributed by atoms with Crippen molar-refractivity contribution in [2.75, 3.05) is 0 Å². The van der Waals surface area contributed by atoms with Gasteiger partial charge in [-0.25, -0.2) is 4.90 Å². The van der Waals surface area contributed by atoms with Gasteiger partial charge in [-0.05, 0) is 18.6 Å². The molecule has 0 spiro atoms. The zero-order valence-corrected chi connectivity index (χ0v) is 7.78. The molecule has 0 unspecified atom stereocenters. The lowest BCUT2D eigenvalue weighted by molar-refractivity contribution is 0.0722. The minimum atomic E-state index is -0.288. The number of nitrogens with zero attached hydrogens (tertiary/aromatic N) is 1. The fraction of sp³-hybridized carbons (Fsp3) is 0.0909. The third-order valence-electron chi connectivity index (χ3n) is 2.34. The van der Waals surface area contributed by atoms with Crippen molar-refractivity contribution < 1.29 is 9.59 Å². The number of hydrogen-bond acceptors (Lipinski definition) is 2. The number of fused-ring (bicyclic) bond motifs is 1. The maximum atomic E-state index is 11.7. The van der Waals surface area contributed by atoms with Crippen LogP contribution in [0.15, 0.2) is 31.0 Å². The Bertz CT molecular complexity index is 449. The van der Waals surface area contributed by atoms with Crippen molar-refractivity contribution >= 4 is 11.8 Å². The Hall–Kier alpha value is -1.90. The van der Waals surface area contributed by atoms with Gasteiger partial charge in [0.15, 0.2) is 0 Å². The van der Waals surface area contributed by atoms with Gasteiger partial charge in [-0.15, -0.1) is 0 Å². The van der Waals surface area contributed by atoms with Gasteiger partial charge in [-0.3, -0.25) is 9.59 Å². The number of benzene rings is 1. The molecule has 1 heterocycles. The van der Waals surface area contributed by atoms with Crippen molar-refractivity contribution in [3.05, 3.63) is 47.7 Å². The van der Waals surface area contributed by atoms with Gasteiger partial charge in [-0.1, -0.05) is 18.7 Å². The molecule has 1 aliphatic rings. The monoisotopic (exact) mass is 187 g/mol. The zero-order valence-electron chi connectivity index (χ0n) is 7.78. The van der Waals surface area contributed by atoms with Gasteiger partial charge < -0.3 is 0 Å². The molecule has 0 aromatic heterocycles. The molecule has 0 fully saturated rings. The largest absolute Gasteiger partial charge is 0.268 e. The highest BCUT2D eigenvalue weighted by molar-refractivity contribution is 6.22. The van der Waals surface area contributed by atoms with Crippen LogP contribution < -0.4 is 0 Å². The van der Waals surface area contributed by atoms with Gasteiger partial charge in [0.25, 0.3) is 11.8 Å². The molecule has 1 aromatic rings. The molecular weight excluding hydrogens is 178 g/mol. The summed E-state index contributed by atoms with van der Waals surface area (Å²) in [5, 5.41) is 0. The predicted octanol–water partition coefficient (Wildman–Crippen LogP) is 1.73. The van der Waals surface area contributed by atoms with E-state index in [1.54, 1.807) is 12.1 Å². The lowest BCUT2D eigenvalue weighted by atomic mass is 10.0. The minimum Gasteiger partial charge on any atom is -0.268 e. The summed E-state index contributed by atoms with van der Waals surface area (Å²) in [6, 6.07) is 5.24. The van der Waals surface area contributed by atoms with Crippen LogP contribution in [0, 0.1) is 6.92 Å². The van der Waals surface area contributed by atoms with Gasteiger partial charge in [0.2, 0.25) is 0 Å². The molecule has 0 bridgehead atoms. The Morgan fingerprint density at radius 2 is 2.00 bits per heavy atom. The van der Waals surface area contributed by atoms with Gasteiger partial charge in [0.05, 0.1) is 11.1 Å². The number of carbonyl (C=O) groups is 2. The van der Waals surface area contributed by atoms with Crippen LogP contribution in [-0.4, -0.2) is 16.7 Å². The van der Waals surface area contributed by atoms with Crippen LogP contribution in [0.5, 0.6) is 0 Å². The molecule has 1 aromatic carbocycles. The SMILES string of the molecule is C=CN1C(=O)c2cccc(C)c2C1=O. The third-order valence-corrected chi connectivity index (χ3v) is 2.34. The fourth-order valence-electron chi connectivity index (χ4n) is 1.64. The van der Waals surface area contributed by atoms with Gasteiger partial charge in [0.1, 0.15) is 0 Å². The summed E-state index contributed by atoms with van der Waals surface area (Å²) in [5.41, 5.74) is 1.79. The topological polar surface area (TPSA) is 37.4 Å². The van der Waals surface area contributed by atoms with Crippen molar-refractivity contribution in [2.24, 2.45) is 0 Å². The van der Waals surface area contributed by atoms with E-state index in [2.05, 4.69) is 6.58 Å². The number of aryl methyl sites for hydroxylation is 1. The van der Waals surface area contributed by atoms with E-state index in [9.17, 15) is 9.59 Å². The maximum Gasteiger partial charge on any atom is 0.265 e. The average Bonchev–Trinajstić information content (AvgIpc) is 2.41. The van der Waals surface area contributed by atoms with Crippen LogP contribution in [0.1, 0.15) is 26.3 Å². The molecule has 70 valence electrons. The molecule has 2 amide bonds. The molecule has 0 saturated carbocycles. The van der Waals surface area contributed by atoms with Crippen LogP contribution in [0.25, 0.3) is 0 Å². The quantitative estimate of drug-likeness (QED) is 0.628. The van der Waals surface area contributed by atoms with E-state index in [0.29, 0.717) is 11.1 Å². The smallest absolute Gasteiger partial charge is 0.265 e. The first-order valence-electron chi connectivity index (χ1n) is 4.27. The Balaban J connectivity index is 2.70. The summed E-state index contributed by atoms with van der Waals surface area (Å²) < 4.78 is 0. The van der Waals surface area contributed by atoms with Crippen molar-refractivity contribution in [3.8, 4) is 0 Å². The summed E-state index contributed by atoms with van der Waals surface area (Å²) in [6.45, 7) is 5.26. The van der Waals surface area contributed by atoms with Crippen molar-refractivity contribution in [2.45, 2.75) is 6.92 Å². The molecule has 0 N–H and O–H groups in total. The summed E-state index contributed by atoms with van der Waals surface area (Å²) in [6.07, 6.45) is 1.25. The molecule has 2 rings (SSSR count). The Morgan fingerprint density at radius 3 is 2.57 bits per heavy atom. The van der Waals surface area contributed by atoms with E-state index in [1.165, 1.54) is 6.20 Å². The highest BCUT2D eigenvalue weighted by atomic mass is 16.2. The molecule has 1 aliphatic heterocycles. The number of carbonyl (C=O) groups excluding carboxylic acids is 2. The van der Waals surface area contributed by atoms with Crippen LogP contribution in [0.4, 0.5) is 0 Å². The van der Waals surface area contributed by atoms with Crippen molar-refractivity contribution in [1.82, 2.24) is 4.90 Å². The molecule has 0 aliphatic carbocycles. The second kappa shape index (κ2) is 2.80. The maximum absolute atomic E-state index is 11.7. The first-order chi connectivity index (χ1) is 6.66. The van der Waals surface area contributed by atoms with E-state index in [4.69, 9.17) is 0 Å². The molecule has 3 heteroatoms. The zero-order chi connectivity index (χ0) is 10.3. The first-order valence-corrected chi connectivity index (χ1v) is 4.27. The number of hydrogen-bond donors (Lipinski definition) is 0. The number of amides is 2. The summed E-state index contributed by atoms with van der Waals surface area (Å²) in [5.74, 6) is -0.568. The molecule has 0 saturated heterocycles. The predicted molar refractivity (Wildman–Crippen MR) is 51.9 cm³/mol. The average molecular weight is 187 g/mol. The van der Waals surface area contributed by atoms with Gasteiger partial charge >= 0.3 is 0 Å². The summed E-state index contributed by atoms with van der Waals surface area (Å²) in [7, 11) is 0. The number of rotatable bonds is 1. The standard InChI is InChI=1S/C11H9NO2/c1-3-12-10(13)8-6-4-5-7(2)9(8)11(12)14/h3-6H,1H2,2H3. The van der Waals surface area contributed by atoms with Crippen LogP contribution in [-0.2, 0) is 0 Å². The first kappa shape index (κ1) is 8.69. The molecule has 14 heavy (non-hydrogen) atoms. The van der Waals surface area contributed by atoms with Gasteiger partial charge in [0, 0.05) is 6.20 Å². The fourth-order valence-corrected chi connectivity index (χ4v) is 1.64. The van der Waals surface area contributed by atoms with Gasteiger partial charge in [-0.2, -0.15) is 0 Å². The molecule has 0 radical (unpaired) electrons. The summed E-state index contributed by atoms with van der Waals surface area (Å²) in [4.78, 5) is 24.4. The van der Waals surface area contributed by atoms with Crippen LogP contribution in [0.2, 0.25) is 0 Å². The lowest BCUT2D eigenvalue weighted by Gasteiger charge is -2.04. The minimum absolute atomic E-state index is 0.280. The van der Waals surface area contributed by atoms with E-state index < -0.39 is 0 Å². The molecule has 0 atom stereocenters. The van der Waals surface area contributed by atoms with Crippen molar-refractivity contribution in [1.29, 1.82) is 0 Å². The Morgan fingerprint density at radius 1 is 1.29 bits per heavy atom. The number of imide groups is 1. The second-order valence-electron chi connectivity index (χ2n) is 3.16. The van der Waals surface area contributed by atoms with E-state index in [-0.39, 0.29) is 11.8 Å². The van der Waals surface area contributed by atoms with E-state index >= 15 is 0 Å². The third kappa shape index (κ3) is 0.923. The van der Waals surface area contributed by atoms with E-state index in [1.807, 2.05) is 13.0 Å². The highest BCUT2D eigenvalue weighted by Gasteiger charge is 2.34. The lowest BCUT2D eigenvalue weighted by Crippen LogP contribution is -2.23. The van der Waals surface area contributed by atoms with Crippen LogP contribution >= 0.6 is 0 Å². The Labute approximate surface area is 81.6 Å². The molecule has 3 nitrogen and oxygen atoms in total. The highest BCUT2D eigenvalue weighted by Crippen LogP contribution is 2.25. The summed E-state index contributed by atoms with van der Waals surface area (Å²) >= 11 is 0. The van der Waals surface area contributed by atoms with E-state index in [0.717, 1.165) is 10.5 Å². The van der Waals surface area contributed by atoms with Crippen LogP contribution in [0.3, 0.4) is 0 Å². The Kier molecular flexibility index (Phi) is 1.74. The normalized spacial score (nSPS) is 14.5.